The van der Waals surface area contributed by atoms with Crippen molar-refractivity contribution in [2.75, 3.05) is 39.6 Å². The van der Waals surface area contributed by atoms with E-state index >= 15 is 0 Å². The summed E-state index contributed by atoms with van der Waals surface area (Å²) in [5.41, 5.74) is 0. The highest BCUT2D eigenvalue weighted by Gasteiger charge is 2.30. The van der Waals surface area contributed by atoms with Gasteiger partial charge in [-0.3, -0.25) is 37.3 Å². The Morgan fingerprint density at radius 1 is 0.264 bits per heavy atom. The fourth-order valence-corrected chi connectivity index (χ4v) is 13.3. The summed E-state index contributed by atoms with van der Waals surface area (Å²) in [5.74, 6) is -2.18. The Labute approximate surface area is 646 Å². The van der Waals surface area contributed by atoms with Gasteiger partial charge in [0.1, 0.15) is 19.3 Å². The second-order valence-electron chi connectivity index (χ2n) is 28.8. The lowest BCUT2D eigenvalue weighted by Gasteiger charge is -2.21. The van der Waals surface area contributed by atoms with Gasteiger partial charge in [0.05, 0.1) is 26.4 Å². The molecular formula is C87H156O17P2. The van der Waals surface area contributed by atoms with Crippen molar-refractivity contribution < 1.29 is 80.2 Å². The molecule has 106 heavy (non-hydrogen) atoms. The monoisotopic (exact) mass is 1540 g/mol. The van der Waals surface area contributed by atoms with Crippen LogP contribution in [-0.4, -0.2) is 96.7 Å². The van der Waals surface area contributed by atoms with Crippen molar-refractivity contribution in [3.05, 3.63) is 85.1 Å². The van der Waals surface area contributed by atoms with Gasteiger partial charge in [-0.05, 0) is 128 Å². The Kier molecular flexibility index (Phi) is 76.5. The van der Waals surface area contributed by atoms with Crippen LogP contribution in [-0.2, 0) is 65.4 Å². The maximum Gasteiger partial charge on any atom is 0.472 e. The van der Waals surface area contributed by atoms with Gasteiger partial charge in [0.25, 0.3) is 0 Å². The molecule has 0 aliphatic rings. The highest BCUT2D eigenvalue weighted by molar-refractivity contribution is 7.47. The molecule has 0 aliphatic carbocycles. The molecule has 5 atom stereocenters. The topological polar surface area (TPSA) is 237 Å². The highest BCUT2D eigenvalue weighted by atomic mass is 31.2. The summed E-state index contributed by atoms with van der Waals surface area (Å²) in [7, 11) is -9.96. The average Bonchev–Trinajstić information content (AvgIpc) is 0.903. The molecule has 0 amide bonds. The predicted octanol–water partition coefficient (Wildman–Crippen LogP) is 25.3. The molecule has 0 heterocycles. The van der Waals surface area contributed by atoms with Gasteiger partial charge in [-0.25, -0.2) is 9.13 Å². The second-order valence-corrected chi connectivity index (χ2v) is 31.7. The van der Waals surface area contributed by atoms with Crippen LogP contribution in [0.25, 0.3) is 0 Å². The third kappa shape index (κ3) is 78.4. The van der Waals surface area contributed by atoms with Crippen molar-refractivity contribution >= 4 is 39.5 Å². The summed E-state index contributed by atoms with van der Waals surface area (Å²) in [6.07, 6.45) is 83.9. The average molecular weight is 1540 g/mol. The molecule has 0 saturated carbocycles. The summed E-state index contributed by atoms with van der Waals surface area (Å²) >= 11 is 0. The molecule has 3 N–H and O–H groups in total. The molecule has 0 aliphatic heterocycles. The Bertz CT molecular complexity index is 2330. The van der Waals surface area contributed by atoms with Gasteiger partial charge in [0.2, 0.25) is 0 Å². The smallest absolute Gasteiger partial charge is 0.462 e. The minimum atomic E-state index is -4.99. The van der Waals surface area contributed by atoms with Crippen LogP contribution in [0.5, 0.6) is 0 Å². The first-order valence-electron chi connectivity index (χ1n) is 42.8. The van der Waals surface area contributed by atoms with E-state index < -0.39 is 97.5 Å². The van der Waals surface area contributed by atoms with E-state index in [4.69, 9.17) is 37.0 Å². The molecule has 0 bridgehead atoms. The van der Waals surface area contributed by atoms with E-state index in [-0.39, 0.29) is 25.7 Å². The molecule has 0 spiro atoms. The first-order chi connectivity index (χ1) is 51.7. The van der Waals surface area contributed by atoms with Gasteiger partial charge in [0, 0.05) is 25.7 Å². The van der Waals surface area contributed by atoms with E-state index in [0.29, 0.717) is 25.7 Å². The maximum atomic E-state index is 13.1. The van der Waals surface area contributed by atoms with Crippen LogP contribution in [0.15, 0.2) is 85.1 Å². The standard InChI is InChI=1S/C87H156O17P2/c1-5-9-13-17-21-25-29-33-36-38-40-42-45-49-52-56-60-64-68-72-85(90)98-78-83(104-87(92)74-70-66-62-58-54-50-46-43-41-39-37-34-30-26-22-18-14-10-6-2)80-102-106(95,96)100-76-81(88)75-99-105(93,94)101-79-82(103-86(91)73-69-65-61-57-53-47-32-28-24-20-16-12-8-4)77-97-84(89)71-67-63-59-55-51-48-44-35-31-27-23-19-15-11-7-3/h21-22,25-26,33-37,40-44,81-83,88H,5-20,23-24,27-32,38-39,45-80H2,1-4H3,(H,93,94)(H,95,96)/b25-21-,26-22-,36-33-,37-34-,42-40-,43-41-,44-35-. The number of carbonyl (C=O) groups is 4. The van der Waals surface area contributed by atoms with Crippen LogP contribution in [0, 0.1) is 0 Å². The normalized spacial score (nSPS) is 14.2. The number of phosphoric acid groups is 2. The summed E-state index contributed by atoms with van der Waals surface area (Å²) in [5, 5.41) is 10.7. The van der Waals surface area contributed by atoms with Gasteiger partial charge in [-0.1, -0.05) is 318 Å². The molecule has 0 saturated heterocycles. The summed E-state index contributed by atoms with van der Waals surface area (Å²) in [6.45, 7) is 4.86. The number of unbranched alkanes of at least 4 members (excludes halogenated alkanes) is 41. The number of phosphoric ester groups is 2. The van der Waals surface area contributed by atoms with Crippen molar-refractivity contribution in [3.63, 3.8) is 0 Å². The van der Waals surface area contributed by atoms with E-state index in [2.05, 4.69) is 113 Å². The molecule has 19 heteroatoms. The van der Waals surface area contributed by atoms with E-state index in [9.17, 15) is 43.2 Å². The van der Waals surface area contributed by atoms with Gasteiger partial charge in [0.15, 0.2) is 12.2 Å². The molecule has 0 fully saturated rings. The zero-order chi connectivity index (χ0) is 77.4. The van der Waals surface area contributed by atoms with Crippen molar-refractivity contribution in [3.8, 4) is 0 Å². The molecule has 0 aromatic heterocycles. The van der Waals surface area contributed by atoms with Crippen molar-refractivity contribution in [1.29, 1.82) is 0 Å². The van der Waals surface area contributed by atoms with Gasteiger partial charge in [-0.15, -0.1) is 0 Å². The number of hydrogen-bond acceptors (Lipinski definition) is 15. The van der Waals surface area contributed by atoms with Crippen LogP contribution >= 0.6 is 15.6 Å². The van der Waals surface area contributed by atoms with Crippen molar-refractivity contribution in [1.82, 2.24) is 0 Å². The fraction of sp³-hybridized carbons (Fsp3) is 0.793. The number of aliphatic hydroxyl groups is 1. The minimum absolute atomic E-state index is 0.0787. The quantitative estimate of drug-likeness (QED) is 0.0169. The summed E-state index contributed by atoms with van der Waals surface area (Å²) in [4.78, 5) is 73.2. The molecule has 0 rings (SSSR count). The lowest BCUT2D eigenvalue weighted by molar-refractivity contribution is -0.161. The van der Waals surface area contributed by atoms with E-state index in [1.807, 2.05) is 0 Å². The van der Waals surface area contributed by atoms with E-state index in [1.54, 1.807) is 0 Å². The number of rotatable bonds is 81. The molecule has 17 nitrogen and oxygen atoms in total. The number of allylic oxidation sites excluding steroid dienone is 14. The fourth-order valence-electron chi connectivity index (χ4n) is 11.8. The molecule has 5 unspecified atom stereocenters. The summed E-state index contributed by atoms with van der Waals surface area (Å²) in [6, 6.07) is 0. The third-order valence-electron chi connectivity index (χ3n) is 18.3. The number of aliphatic hydroxyl groups excluding tert-OH is 1. The first kappa shape index (κ1) is 102. The molecule has 0 aromatic carbocycles. The minimum Gasteiger partial charge on any atom is -0.462 e. The molecule has 0 radical (unpaired) electrons. The van der Waals surface area contributed by atoms with E-state index in [0.717, 1.165) is 180 Å². The summed E-state index contributed by atoms with van der Waals surface area (Å²) < 4.78 is 68.8. The van der Waals surface area contributed by atoms with E-state index in [1.165, 1.54) is 128 Å². The zero-order valence-electron chi connectivity index (χ0n) is 67.6. The number of esters is 4. The Morgan fingerprint density at radius 3 is 0.736 bits per heavy atom. The van der Waals surface area contributed by atoms with Crippen LogP contribution in [0.2, 0.25) is 0 Å². The third-order valence-corrected chi connectivity index (χ3v) is 20.2. The van der Waals surface area contributed by atoms with Crippen LogP contribution in [0.4, 0.5) is 0 Å². The Balaban J connectivity index is 5.36. The Hall–Kier alpha value is -3.76. The van der Waals surface area contributed by atoms with Gasteiger partial charge >= 0.3 is 39.5 Å². The zero-order valence-corrected chi connectivity index (χ0v) is 69.4. The van der Waals surface area contributed by atoms with Gasteiger partial charge in [-0.2, -0.15) is 0 Å². The van der Waals surface area contributed by atoms with Gasteiger partial charge < -0.3 is 33.8 Å². The van der Waals surface area contributed by atoms with Crippen LogP contribution in [0.3, 0.4) is 0 Å². The molecular weight excluding hydrogens is 1380 g/mol. The molecule has 616 valence electrons. The lowest BCUT2D eigenvalue weighted by atomic mass is 10.0. The number of carbonyl (C=O) groups excluding carboxylic acids is 4. The maximum absolute atomic E-state index is 13.1. The highest BCUT2D eigenvalue weighted by Crippen LogP contribution is 2.45. The Morgan fingerprint density at radius 2 is 0.462 bits per heavy atom. The second kappa shape index (κ2) is 79.3. The van der Waals surface area contributed by atoms with Crippen molar-refractivity contribution in [2.45, 2.75) is 406 Å². The van der Waals surface area contributed by atoms with Crippen molar-refractivity contribution in [2.24, 2.45) is 0 Å². The predicted molar refractivity (Wildman–Crippen MR) is 436 cm³/mol. The van der Waals surface area contributed by atoms with Crippen LogP contribution in [0.1, 0.15) is 387 Å². The molecule has 0 aromatic rings. The number of hydrogen-bond donors (Lipinski definition) is 3. The van der Waals surface area contributed by atoms with Crippen LogP contribution < -0.4 is 0 Å². The first-order valence-corrected chi connectivity index (χ1v) is 45.8. The SMILES string of the molecule is CCCCC/C=C\C/C=C\C/C=C\CCCCCCCCC(=O)OCC(COP(=O)(O)OCC(O)COP(=O)(O)OCC(COC(=O)CCCCCCC/C=C\CCCCCCCC)OC(=O)CCCCCCCCCCCCCCC)OC(=O)CCCCCCCC/C=C\C/C=C\C/C=C\CCCCC. The lowest BCUT2D eigenvalue weighted by Crippen LogP contribution is -2.30. The largest absolute Gasteiger partial charge is 0.472 e. The number of ether oxygens (including phenoxy) is 4.